The van der Waals surface area contributed by atoms with Gasteiger partial charge in [0.15, 0.2) is 0 Å². The van der Waals surface area contributed by atoms with E-state index in [4.69, 9.17) is 14.2 Å². The fourth-order valence-electron chi connectivity index (χ4n) is 4.91. The van der Waals surface area contributed by atoms with Crippen molar-refractivity contribution in [2.75, 3.05) is 52.6 Å². The molecule has 2 saturated heterocycles. The molecule has 0 bridgehead atoms. The maximum absolute atomic E-state index is 13.3. The molecule has 39 heavy (non-hydrogen) atoms. The molecule has 1 N–H and O–H groups in total. The quantitative estimate of drug-likeness (QED) is 0.170. The Kier molecular flexibility index (Phi) is 10.4. The summed E-state index contributed by atoms with van der Waals surface area (Å²) in [5.41, 5.74) is 1.33. The van der Waals surface area contributed by atoms with Crippen LogP contribution < -0.4 is 9.47 Å². The van der Waals surface area contributed by atoms with Gasteiger partial charge >= 0.3 is 0 Å². The third-order valence-electron chi connectivity index (χ3n) is 7.08. The first-order chi connectivity index (χ1) is 19.0. The number of amides is 1. The second kappa shape index (κ2) is 14.1. The van der Waals surface area contributed by atoms with Crippen LogP contribution >= 0.6 is 0 Å². The van der Waals surface area contributed by atoms with Gasteiger partial charge in [0.05, 0.1) is 38.0 Å². The highest BCUT2D eigenvalue weighted by atomic mass is 16.5. The summed E-state index contributed by atoms with van der Waals surface area (Å²) in [7, 11) is 0. The zero-order valence-corrected chi connectivity index (χ0v) is 23.1. The van der Waals surface area contributed by atoms with E-state index in [2.05, 4.69) is 11.8 Å². The van der Waals surface area contributed by atoms with Crippen molar-refractivity contribution in [2.24, 2.45) is 0 Å². The van der Waals surface area contributed by atoms with E-state index in [0.29, 0.717) is 50.7 Å². The lowest BCUT2D eigenvalue weighted by Gasteiger charge is -2.29. The average molecular weight is 537 g/mol. The maximum atomic E-state index is 13.3. The molecule has 210 valence electrons. The van der Waals surface area contributed by atoms with Crippen molar-refractivity contribution >= 4 is 17.4 Å². The standard InChI is InChI=1S/C31H40N2O6/c1-3-5-20-39-26-13-9-24(10-14-26)29(34)27-28(23-7-11-25(12-8-23)38-19-4-2)33(31(36)30(27)35)16-6-15-32-17-21-37-22-18-32/h7-14,28,34H,3-6,15-22H2,1-2H3. The SMILES string of the molecule is CCCCOc1ccc(C(O)=C2C(=O)C(=O)N(CCCN3CCOCC3)C2c2ccc(OCCC)cc2)cc1. The number of Topliss-reactive ketones (excluding diaryl/α,β-unsaturated/α-hetero) is 1. The van der Waals surface area contributed by atoms with Crippen molar-refractivity contribution in [2.45, 2.75) is 45.6 Å². The first-order valence-electron chi connectivity index (χ1n) is 14.1. The average Bonchev–Trinajstić information content (AvgIpc) is 3.22. The first-order valence-corrected chi connectivity index (χ1v) is 14.1. The number of ether oxygens (including phenoxy) is 3. The van der Waals surface area contributed by atoms with Gasteiger partial charge in [-0.25, -0.2) is 0 Å². The number of benzene rings is 2. The lowest BCUT2D eigenvalue weighted by Crippen LogP contribution is -2.38. The first kappa shape index (κ1) is 28.6. The highest BCUT2D eigenvalue weighted by molar-refractivity contribution is 6.46. The van der Waals surface area contributed by atoms with Gasteiger partial charge in [0.1, 0.15) is 17.3 Å². The zero-order valence-electron chi connectivity index (χ0n) is 23.1. The van der Waals surface area contributed by atoms with Gasteiger partial charge in [-0.1, -0.05) is 32.4 Å². The van der Waals surface area contributed by atoms with Crippen LogP contribution in [0.2, 0.25) is 0 Å². The topological polar surface area (TPSA) is 88.5 Å². The second-order valence-corrected chi connectivity index (χ2v) is 9.94. The summed E-state index contributed by atoms with van der Waals surface area (Å²) in [4.78, 5) is 30.5. The second-order valence-electron chi connectivity index (χ2n) is 9.94. The van der Waals surface area contributed by atoms with Crippen LogP contribution in [0, 0.1) is 0 Å². The fourth-order valence-corrected chi connectivity index (χ4v) is 4.91. The van der Waals surface area contributed by atoms with Gasteiger partial charge in [-0.15, -0.1) is 0 Å². The highest BCUT2D eigenvalue weighted by Gasteiger charge is 2.45. The summed E-state index contributed by atoms with van der Waals surface area (Å²) < 4.78 is 16.9. The number of aliphatic hydroxyl groups excluding tert-OH is 1. The molecule has 0 aliphatic carbocycles. The molecule has 2 aliphatic heterocycles. The van der Waals surface area contributed by atoms with E-state index in [1.54, 1.807) is 29.2 Å². The van der Waals surface area contributed by atoms with E-state index in [1.807, 2.05) is 31.2 Å². The van der Waals surface area contributed by atoms with Gasteiger partial charge in [-0.2, -0.15) is 0 Å². The number of carbonyl (C=O) groups is 2. The molecular weight excluding hydrogens is 496 g/mol. The van der Waals surface area contributed by atoms with Crippen molar-refractivity contribution < 1.29 is 28.9 Å². The van der Waals surface area contributed by atoms with Gasteiger partial charge < -0.3 is 24.2 Å². The van der Waals surface area contributed by atoms with Gasteiger partial charge in [0.25, 0.3) is 11.7 Å². The predicted molar refractivity (Wildman–Crippen MR) is 150 cm³/mol. The minimum absolute atomic E-state index is 0.105. The van der Waals surface area contributed by atoms with Crippen molar-refractivity contribution in [3.05, 3.63) is 65.2 Å². The van der Waals surface area contributed by atoms with Gasteiger partial charge in [0.2, 0.25) is 0 Å². The largest absolute Gasteiger partial charge is 0.507 e. The minimum Gasteiger partial charge on any atom is -0.507 e. The Morgan fingerprint density at radius 2 is 1.51 bits per heavy atom. The summed E-state index contributed by atoms with van der Waals surface area (Å²) >= 11 is 0. The number of ketones is 1. The van der Waals surface area contributed by atoms with E-state index in [0.717, 1.165) is 50.2 Å². The monoisotopic (exact) mass is 536 g/mol. The number of carbonyl (C=O) groups excluding carboxylic acids is 2. The molecule has 2 aromatic rings. The Morgan fingerprint density at radius 1 is 0.872 bits per heavy atom. The number of aliphatic hydroxyl groups is 1. The number of unbranched alkanes of at least 4 members (excludes halogenated alkanes) is 1. The lowest BCUT2D eigenvalue weighted by atomic mass is 9.95. The van der Waals surface area contributed by atoms with Crippen molar-refractivity contribution in [3.63, 3.8) is 0 Å². The van der Waals surface area contributed by atoms with Crippen LogP contribution in [0.15, 0.2) is 54.1 Å². The Bertz CT molecular complexity index is 1120. The molecule has 8 nitrogen and oxygen atoms in total. The minimum atomic E-state index is -0.685. The Morgan fingerprint density at radius 3 is 2.15 bits per heavy atom. The molecule has 1 unspecified atom stereocenters. The maximum Gasteiger partial charge on any atom is 0.295 e. The molecule has 1 atom stereocenters. The number of hydrogen-bond donors (Lipinski definition) is 1. The summed E-state index contributed by atoms with van der Waals surface area (Å²) in [6, 6.07) is 13.7. The normalized spacial score (nSPS) is 19.4. The molecule has 2 fully saturated rings. The Balaban J connectivity index is 1.61. The molecule has 0 spiro atoms. The van der Waals surface area contributed by atoms with E-state index < -0.39 is 17.7 Å². The smallest absolute Gasteiger partial charge is 0.295 e. The molecule has 2 aromatic carbocycles. The van der Waals surface area contributed by atoms with Crippen LogP contribution in [0.25, 0.3) is 5.76 Å². The number of morpholine rings is 1. The number of rotatable bonds is 13. The zero-order chi connectivity index (χ0) is 27.6. The summed E-state index contributed by atoms with van der Waals surface area (Å²) in [5, 5.41) is 11.4. The van der Waals surface area contributed by atoms with E-state index in [9.17, 15) is 14.7 Å². The Hall–Kier alpha value is -3.36. The molecule has 8 heteroatoms. The van der Waals surface area contributed by atoms with Crippen molar-refractivity contribution in [1.29, 1.82) is 0 Å². The molecule has 0 radical (unpaired) electrons. The predicted octanol–water partition coefficient (Wildman–Crippen LogP) is 4.80. The van der Waals surface area contributed by atoms with Crippen molar-refractivity contribution in [1.82, 2.24) is 9.80 Å². The fraction of sp³-hybridized carbons (Fsp3) is 0.484. The van der Waals surface area contributed by atoms with E-state index in [1.165, 1.54) is 0 Å². The van der Waals surface area contributed by atoms with Crippen LogP contribution in [-0.2, 0) is 14.3 Å². The molecule has 2 aliphatic rings. The number of nitrogens with zero attached hydrogens (tertiary/aromatic N) is 2. The third kappa shape index (κ3) is 7.19. The van der Waals surface area contributed by atoms with Crippen molar-refractivity contribution in [3.8, 4) is 11.5 Å². The van der Waals surface area contributed by atoms with Gasteiger partial charge in [-0.05, 0) is 61.2 Å². The molecule has 2 heterocycles. The number of likely N-dealkylation sites (tertiary alicyclic amines) is 1. The van der Waals surface area contributed by atoms with Gasteiger partial charge in [0, 0.05) is 31.7 Å². The lowest BCUT2D eigenvalue weighted by molar-refractivity contribution is -0.140. The molecular formula is C31H40N2O6. The van der Waals surface area contributed by atoms with Crippen LogP contribution in [-0.4, -0.2) is 79.2 Å². The summed E-state index contributed by atoms with van der Waals surface area (Å²) in [6.07, 6.45) is 3.61. The van der Waals surface area contributed by atoms with Crippen LogP contribution in [0.1, 0.15) is 56.7 Å². The Labute approximate surface area is 231 Å². The molecule has 0 saturated carbocycles. The highest BCUT2D eigenvalue weighted by Crippen LogP contribution is 2.40. The summed E-state index contributed by atoms with van der Waals surface area (Å²) in [5.74, 6) is -0.0143. The molecule has 0 aromatic heterocycles. The van der Waals surface area contributed by atoms with Crippen LogP contribution in [0.3, 0.4) is 0 Å². The van der Waals surface area contributed by atoms with E-state index in [-0.39, 0.29) is 11.3 Å². The molecule has 4 rings (SSSR count). The third-order valence-corrected chi connectivity index (χ3v) is 7.08. The van der Waals surface area contributed by atoms with E-state index >= 15 is 0 Å². The van der Waals surface area contributed by atoms with Gasteiger partial charge in [-0.3, -0.25) is 14.5 Å². The molecule has 1 amide bonds. The number of hydrogen-bond acceptors (Lipinski definition) is 7. The summed E-state index contributed by atoms with van der Waals surface area (Å²) in [6.45, 7) is 9.72. The van der Waals surface area contributed by atoms with Crippen LogP contribution in [0.4, 0.5) is 0 Å². The van der Waals surface area contributed by atoms with Crippen LogP contribution in [0.5, 0.6) is 11.5 Å².